The number of nitrogens with one attached hydrogen (secondary N) is 1. The van der Waals surface area contributed by atoms with Crippen LogP contribution in [-0.2, 0) is 18.1 Å². The van der Waals surface area contributed by atoms with Crippen LogP contribution in [0.5, 0.6) is 5.75 Å². The first-order valence-corrected chi connectivity index (χ1v) is 13.8. The summed E-state index contributed by atoms with van der Waals surface area (Å²) < 4.78 is 83.4. The minimum atomic E-state index is -4.88. The van der Waals surface area contributed by atoms with Gasteiger partial charge in [-0.05, 0) is 85.1 Å². The van der Waals surface area contributed by atoms with E-state index >= 15 is 0 Å². The van der Waals surface area contributed by atoms with Crippen LogP contribution >= 0.6 is 11.6 Å². The molecule has 1 aromatic heterocycles. The molecule has 2 aliphatic rings. The van der Waals surface area contributed by atoms with Gasteiger partial charge in [0.25, 0.3) is 0 Å². The first-order valence-electron chi connectivity index (χ1n) is 13.4. The third-order valence-corrected chi connectivity index (χ3v) is 7.83. The zero-order valence-electron chi connectivity index (χ0n) is 22.7. The zero-order chi connectivity index (χ0) is 30.8. The van der Waals surface area contributed by atoms with E-state index in [0.717, 1.165) is 23.9 Å². The van der Waals surface area contributed by atoms with Gasteiger partial charge in [0.2, 0.25) is 0 Å². The van der Waals surface area contributed by atoms with Crippen LogP contribution in [0.2, 0.25) is 5.02 Å². The molecule has 0 bridgehead atoms. The molecule has 3 aromatic rings. The summed E-state index contributed by atoms with van der Waals surface area (Å²) in [5, 5.41) is 3.79. The van der Waals surface area contributed by atoms with Gasteiger partial charge in [-0.25, -0.2) is 4.79 Å². The number of fused-ring (bicyclic) bond motifs is 2. The van der Waals surface area contributed by atoms with Gasteiger partial charge in [-0.1, -0.05) is 35.9 Å². The highest BCUT2D eigenvalue weighted by Gasteiger charge is 2.47. The van der Waals surface area contributed by atoms with Crippen molar-refractivity contribution in [2.75, 3.05) is 31.1 Å². The molecule has 0 aliphatic carbocycles. The predicted octanol–water partition coefficient (Wildman–Crippen LogP) is 7.43. The Bertz CT molecular complexity index is 1490. The van der Waals surface area contributed by atoms with Crippen LogP contribution in [0.3, 0.4) is 0 Å². The molecule has 1 saturated heterocycles. The third-order valence-electron chi connectivity index (χ3n) is 7.58. The summed E-state index contributed by atoms with van der Waals surface area (Å²) in [6, 6.07) is 12.7. The number of pyridine rings is 1. The van der Waals surface area contributed by atoms with E-state index in [9.17, 15) is 31.1 Å². The van der Waals surface area contributed by atoms with Crippen molar-refractivity contribution in [3.8, 4) is 5.75 Å². The number of halogens is 7. The molecule has 3 heterocycles. The van der Waals surface area contributed by atoms with Crippen molar-refractivity contribution in [3.63, 3.8) is 0 Å². The normalized spacial score (nSPS) is 16.5. The molecular formula is C30H27ClF6N4O2. The van der Waals surface area contributed by atoms with Crippen LogP contribution < -0.4 is 15.0 Å². The third kappa shape index (κ3) is 7.24. The van der Waals surface area contributed by atoms with Gasteiger partial charge < -0.3 is 15.0 Å². The molecule has 13 heteroatoms. The van der Waals surface area contributed by atoms with E-state index in [-0.39, 0.29) is 30.9 Å². The molecule has 6 nitrogen and oxygen atoms in total. The molecular weight excluding hydrogens is 598 g/mol. The van der Waals surface area contributed by atoms with Crippen molar-refractivity contribution >= 4 is 29.4 Å². The highest BCUT2D eigenvalue weighted by molar-refractivity contribution is 6.30. The highest BCUT2D eigenvalue weighted by Crippen LogP contribution is 2.48. The number of hydrogen-bond donors (Lipinski definition) is 1. The van der Waals surface area contributed by atoms with Crippen LogP contribution in [0.15, 0.2) is 66.9 Å². The van der Waals surface area contributed by atoms with Crippen LogP contribution in [0.1, 0.15) is 35.2 Å². The lowest BCUT2D eigenvalue weighted by molar-refractivity contribution is -0.274. The Morgan fingerprint density at radius 3 is 2.44 bits per heavy atom. The maximum absolute atomic E-state index is 14.2. The van der Waals surface area contributed by atoms with Crippen molar-refractivity contribution in [3.05, 3.63) is 94.3 Å². The van der Waals surface area contributed by atoms with Gasteiger partial charge in [-0.15, -0.1) is 13.2 Å². The van der Waals surface area contributed by atoms with Crippen LogP contribution in [-0.4, -0.2) is 48.5 Å². The summed E-state index contributed by atoms with van der Waals surface area (Å²) in [7, 11) is 0. The number of rotatable bonds is 6. The molecule has 2 amide bonds. The maximum atomic E-state index is 14.2. The maximum Gasteiger partial charge on any atom is 0.573 e. The zero-order valence-corrected chi connectivity index (χ0v) is 23.4. The number of carbonyl (C=O) groups excluding carboxylic acids is 1. The molecule has 0 saturated carbocycles. The number of carbonyl (C=O) groups is 1. The van der Waals surface area contributed by atoms with Crippen molar-refractivity contribution in [2.45, 2.75) is 37.3 Å². The number of amides is 2. The van der Waals surface area contributed by atoms with E-state index in [1.165, 1.54) is 28.0 Å². The van der Waals surface area contributed by atoms with E-state index in [4.69, 9.17) is 11.6 Å². The van der Waals surface area contributed by atoms with Crippen LogP contribution in [0, 0.1) is 0 Å². The summed E-state index contributed by atoms with van der Waals surface area (Å²) in [6.45, 7) is 1.30. The Kier molecular flexibility index (Phi) is 8.62. The Morgan fingerprint density at radius 1 is 1.05 bits per heavy atom. The molecule has 2 aliphatic heterocycles. The van der Waals surface area contributed by atoms with E-state index in [1.807, 2.05) is 0 Å². The first-order chi connectivity index (χ1) is 20.3. The number of aromatic nitrogens is 1. The second kappa shape index (κ2) is 12.1. The number of alkyl halides is 6. The largest absolute Gasteiger partial charge is 0.573 e. The Morgan fingerprint density at radius 2 is 1.77 bits per heavy atom. The predicted molar refractivity (Wildman–Crippen MR) is 150 cm³/mol. The topological polar surface area (TPSA) is 57.7 Å². The summed E-state index contributed by atoms with van der Waals surface area (Å²) >= 11 is 5.95. The van der Waals surface area contributed by atoms with Crippen molar-refractivity contribution in [2.24, 2.45) is 0 Å². The van der Waals surface area contributed by atoms with Gasteiger partial charge in [0, 0.05) is 42.0 Å². The van der Waals surface area contributed by atoms with Crippen molar-refractivity contribution < 1.29 is 35.9 Å². The van der Waals surface area contributed by atoms with E-state index in [2.05, 4.69) is 15.0 Å². The monoisotopic (exact) mass is 624 g/mol. The summed E-state index contributed by atoms with van der Waals surface area (Å²) in [6.07, 6.45) is -3.87. The molecule has 228 valence electrons. The smallest absolute Gasteiger partial charge is 0.406 e. The summed E-state index contributed by atoms with van der Waals surface area (Å²) in [5.74, 6) is -0.377. The number of ether oxygens (including phenoxy) is 1. The molecule has 2 aromatic carbocycles. The first kappa shape index (κ1) is 30.7. The van der Waals surface area contributed by atoms with Gasteiger partial charge in [-0.3, -0.25) is 9.88 Å². The van der Waals surface area contributed by atoms with Gasteiger partial charge in [-0.2, -0.15) is 13.2 Å². The van der Waals surface area contributed by atoms with Crippen LogP contribution in [0.25, 0.3) is 6.08 Å². The summed E-state index contributed by atoms with van der Waals surface area (Å²) in [5.41, 5.74) is 0.360. The fraction of sp³-hybridized carbons (Fsp3) is 0.333. The Labute approximate surface area is 248 Å². The molecule has 1 fully saturated rings. The van der Waals surface area contributed by atoms with E-state index in [0.29, 0.717) is 42.2 Å². The number of piperidine rings is 1. The number of nitrogens with zero attached hydrogens (tertiary/aromatic N) is 3. The molecule has 0 atom stereocenters. The number of hydrogen-bond acceptors (Lipinski definition) is 4. The lowest BCUT2D eigenvalue weighted by Crippen LogP contribution is -2.47. The minimum absolute atomic E-state index is 0.0425. The number of urea groups is 1. The van der Waals surface area contributed by atoms with E-state index in [1.54, 1.807) is 36.4 Å². The number of anilines is 1. The second-order valence-corrected chi connectivity index (χ2v) is 10.9. The molecule has 0 unspecified atom stereocenters. The highest BCUT2D eigenvalue weighted by atomic mass is 35.5. The molecule has 1 spiro atoms. The van der Waals surface area contributed by atoms with Gasteiger partial charge in [0.05, 0.1) is 0 Å². The molecule has 0 radical (unpaired) electrons. The fourth-order valence-corrected chi connectivity index (χ4v) is 5.69. The second-order valence-electron chi connectivity index (χ2n) is 10.5. The Hall–Kier alpha value is -3.77. The quantitative estimate of drug-likeness (QED) is 0.290. The van der Waals surface area contributed by atoms with Gasteiger partial charge >= 0.3 is 18.6 Å². The molecule has 5 rings (SSSR count). The summed E-state index contributed by atoms with van der Waals surface area (Å²) in [4.78, 5) is 20.5. The average Bonchev–Trinajstić information content (AvgIpc) is 3.25. The van der Waals surface area contributed by atoms with Crippen LogP contribution in [0.4, 0.5) is 36.8 Å². The SMILES string of the molecule is O=C(N(CC=Cc1ccc(Cl)cc1)Cc1ccnc(C(F)(F)F)c1)N1CC2(CCNCC2)c2cc(OC(F)(F)F)ccc21. The van der Waals surface area contributed by atoms with Gasteiger partial charge in [0.1, 0.15) is 11.4 Å². The van der Waals surface area contributed by atoms with Crippen molar-refractivity contribution in [1.29, 1.82) is 0 Å². The minimum Gasteiger partial charge on any atom is -0.406 e. The fourth-order valence-electron chi connectivity index (χ4n) is 5.57. The van der Waals surface area contributed by atoms with Crippen molar-refractivity contribution in [1.82, 2.24) is 15.2 Å². The molecule has 1 N–H and O–H groups in total. The lowest BCUT2D eigenvalue weighted by atomic mass is 9.75. The van der Waals surface area contributed by atoms with E-state index < -0.39 is 29.7 Å². The van der Waals surface area contributed by atoms with Gasteiger partial charge in [0.15, 0.2) is 0 Å². The standard InChI is InChI=1S/C30H27ClF6N4O2/c31-22-5-3-20(4-6-22)2-1-15-40(18-21-9-12-39-26(16-21)29(32,33)34)27(42)41-19-28(10-13-38-14-11-28)24-17-23(7-8-25(24)41)43-30(35,36)37/h1-9,12,16-17,38H,10-11,13-15,18-19H2. The molecule has 43 heavy (non-hydrogen) atoms. The lowest BCUT2D eigenvalue weighted by Gasteiger charge is -2.35. The average molecular weight is 625 g/mol. The Balaban J connectivity index is 1.48. The number of benzene rings is 2.